The Kier molecular flexibility index (Phi) is 7.83. The van der Waals surface area contributed by atoms with Crippen LogP contribution in [0.5, 0.6) is 0 Å². The van der Waals surface area contributed by atoms with Crippen molar-refractivity contribution >= 4 is 17.7 Å². The van der Waals surface area contributed by atoms with Gasteiger partial charge in [-0.3, -0.25) is 0 Å². The Hall–Kier alpha value is -0.480. The van der Waals surface area contributed by atoms with Crippen LogP contribution in [0.15, 0.2) is 0 Å². The van der Waals surface area contributed by atoms with Gasteiger partial charge in [0, 0.05) is 11.9 Å². The second kappa shape index (κ2) is 8.13. The van der Waals surface area contributed by atoms with E-state index in [0.717, 1.165) is 0 Å². The fourth-order valence-electron chi connectivity index (χ4n) is 0.627. The molecule has 5 heteroatoms. The third-order valence-corrected chi connectivity index (χ3v) is 1.24. The van der Waals surface area contributed by atoms with Crippen LogP contribution in [0.25, 0.3) is 0 Å². The molecule has 1 amide bonds. The highest BCUT2D eigenvalue weighted by Gasteiger charge is 2.02. The van der Waals surface area contributed by atoms with E-state index < -0.39 is 6.09 Å². The second-order valence-corrected chi connectivity index (χ2v) is 3.11. The Bertz CT molecular complexity index is 141. The monoisotopic (exact) mass is 209 g/mol. The molecule has 4 nitrogen and oxygen atoms in total. The highest BCUT2D eigenvalue weighted by Crippen LogP contribution is 1.84. The fourth-order valence-corrected chi connectivity index (χ4v) is 0.736. The van der Waals surface area contributed by atoms with E-state index in [4.69, 9.17) is 21.1 Å². The highest BCUT2D eigenvalue weighted by atomic mass is 35.5. The summed E-state index contributed by atoms with van der Waals surface area (Å²) >= 11 is 5.37. The molecule has 0 saturated heterocycles. The summed E-state index contributed by atoms with van der Waals surface area (Å²) in [5.74, 6) is 0.457. The van der Waals surface area contributed by atoms with Crippen molar-refractivity contribution in [2.24, 2.45) is 0 Å². The molecule has 0 unspecified atom stereocenters. The largest absolute Gasteiger partial charge is 0.447 e. The highest BCUT2D eigenvalue weighted by molar-refractivity contribution is 6.17. The molecular weight excluding hydrogens is 194 g/mol. The van der Waals surface area contributed by atoms with Crippen LogP contribution in [-0.2, 0) is 9.47 Å². The number of halogens is 1. The maximum atomic E-state index is 10.9. The quantitative estimate of drug-likeness (QED) is 0.531. The van der Waals surface area contributed by atoms with Crippen LogP contribution in [-0.4, -0.2) is 37.8 Å². The number of hydrogen-bond acceptors (Lipinski definition) is 3. The van der Waals surface area contributed by atoms with Crippen molar-refractivity contribution < 1.29 is 14.3 Å². The van der Waals surface area contributed by atoms with Gasteiger partial charge in [-0.05, 0) is 13.8 Å². The molecule has 0 heterocycles. The van der Waals surface area contributed by atoms with Gasteiger partial charge in [-0.1, -0.05) is 0 Å². The summed E-state index contributed by atoms with van der Waals surface area (Å²) in [5.41, 5.74) is 0. The van der Waals surface area contributed by atoms with Crippen molar-refractivity contribution in [3.05, 3.63) is 0 Å². The minimum absolute atomic E-state index is 0.0938. The van der Waals surface area contributed by atoms with Crippen molar-refractivity contribution in [2.45, 2.75) is 19.9 Å². The molecule has 0 fully saturated rings. The lowest BCUT2D eigenvalue weighted by molar-refractivity contribution is 0.0787. The molecule has 0 saturated carbocycles. The molecular formula is C8H16ClNO3. The maximum Gasteiger partial charge on any atom is 0.407 e. The molecule has 0 aromatic heterocycles. The fraction of sp³-hybridized carbons (Fsp3) is 0.875. The smallest absolute Gasteiger partial charge is 0.407 e. The molecule has 0 aromatic carbocycles. The first-order valence-corrected chi connectivity index (χ1v) is 4.77. The Morgan fingerprint density at radius 3 is 2.62 bits per heavy atom. The van der Waals surface area contributed by atoms with Gasteiger partial charge < -0.3 is 14.8 Å². The zero-order chi connectivity index (χ0) is 10.1. The van der Waals surface area contributed by atoms with E-state index >= 15 is 0 Å². The molecule has 0 aliphatic carbocycles. The van der Waals surface area contributed by atoms with E-state index in [2.05, 4.69) is 5.32 Å². The van der Waals surface area contributed by atoms with Gasteiger partial charge in [0.15, 0.2) is 0 Å². The zero-order valence-corrected chi connectivity index (χ0v) is 8.76. The first-order valence-electron chi connectivity index (χ1n) is 4.23. The number of rotatable bonds is 6. The molecule has 78 valence electrons. The molecule has 0 spiro atoms. The molecule has 0 atom stereocenters. The summed E-state index contributed by atoms with van der Waals surface area (Å²) < 4.78 is 9.78. The number of carbonyl (C=O) groups excluding carboxylic acids is 1. The predicted molar refractivity (Wildman–Crippen MR) is 51.2 cm³/mol. The zero-order valence-electron chi connectivity index (χ0n) is 8.01. The van der Waals surface area contributed by atoms with E-state index in [0.29, 0.717) is 19.1 Å². The topological polar surface area (TPSA) is 47.6 Å². The molecule has 0 rings (SSSR count). The van der Waals surface area contributed by atoms with E-state index in [9.17, 15) is 4.79 Å². The molecule has 0 radical (unpaired) electrons. The van der Waals surface area contributed by atoms with E-state index in [1.54, 1.807) is 0 Å². The SMILES string of the molecule is CC(C)NC(=O)OCCOCCCl. The average Bonchev–Trinajstić information content (AvgIpc) is 2.02. The van der Waals surface area contributed by atoms with Crippen molar-refractivity contribution in [3.8, 4) is 0 Å². The van der Waals surface area contributed by atoms with Crippen LogP contribution in [0.2, 0.25) is 0 Å². The van der Waals surface area contributed by atoms with Crippen molar-refractivity contribution in [1.29, 1.82) is 0 Å². The summed E-state index contributed by atoms with van der Waals surface area (Å²) in [6.45, 7) is 4.86. The summed E-state index contributed by atoms with van der Waals surface area (Å²) in [4.78, 5) is 10.9. The third-order valence-electron chi connectivity index (χ3n) is 1.09. The molecule has 1 N–H and O–H groups in total. The van der Waals surface area contributed by atoms with Gasteiger partial charge in [0.25, 0.3) is 0 Å². The van der Waals surface area contributed by atoms with Gasteiger partial charge in [-0.25, -0.2) is 4.79 Å². The van der Waals surface area contributed by atoms with Gasteiger partial charge in [-0.2, -0.15) is 0 Å². The maximum absolute atomic E-state index is 10.9. The number of hydrogen-bond donors (Lipinski definition) is 1. The van der Waals surface area contributed by atoms with Gasteiger partial charge in [0.05, 0.1) is 13.2 Å². The normalized spacial score (nSPS) is 10.2. The Morgan fingerprint density at radius 2 is 2.08 bits per heavy atom. The van der Waals surface area contributed by atoms with Crippen LogP contribution in [0.1, 0.15) is 13.8 Å². The lowest BCUT2D eigenvalue weighted by Gasteiger charge is -2.08. The molecule has 0 aromatic rings. The van der Waals surface area contributed by atoms with Crippen molar-refractivity contribution in [2.75, 3.05) is 25.7 Å². The molecule has 13 heavy (non-hydrogen) atoms. The van der Waals surface area contributed by atoms with Crippen LogP contribution < -0.4 is 5.32 Å². The number of alkyl carbamates (subject to hydrolysis) is 1. The summed E-state index contributed by atoms with van der Waals surface area (Å²) in [6.07, 6.45) is -0.413. The average molecular weight is 210 g/mol. The first kappa shape index (κ1) is 12.5. The van der Waals surface area contributed by atoms with Crippen LogP contribution in [0.4, 0.5) is 4.79 Å². The number of amides is 1. The van der Waals surface area contributed by atoms with Gasteiger partial charge in [0.1, 0.15) is 6.61 Å². The van der Waals surface area contributed by atoms with Gasteiger partial charge in [-0.15, -0.1) is 11.6 Å². The van der Waals surface area contributed by atoms with Gasteiger partial charge >= 0.3 is 6.09 Å². The third kappa shape index (κ3) is 9.43. The number of alkyl halides is 1. The number of ether oxygens (including phenoxy) is 2. The molecule has 0 aliphatic heterocycles. The van der Waals surface area contributed by atoms with Crippen LogP contribution >= 0.6 is 11.6 Å². The summed E-state index contributed by atoms with van der Waals surface area (Å²) in [7, 11) is 0. The summed E-state index contributed by atoms with van der Waals surface area (Å²) in [5, 5.41) is 2.59. The lowest BCUT2D eigenvalue weighted by Crippen LogP contribution is -2.31. The van der Waals surface area contributed by atoms with Gasteiger partial charge in [0.2, 0.25) is 0 Å². The van der Waals surface area contributed by atoms with Crippen molar-refractivity contribution in [1.82, 2.24) is 5.32 Å². The van der Waals surface area contributed by atoms with E-state index in [-0.39, 0.29) is 12.6 Å². The Labute approximate surface area is 83.5 Å². The van der Waals surface area contributed by atoms with Crippen molar-refractivity contribution in [3.63, 3.8) is 0 Å². The predicted octanol–water partition coefficient (Wildman–Crippen LogP) is 1.38. The number of carbonyl (C=O) groups is 1. The number of nitrogens with one attached hydrogen (secondary N) is 1. The molecule has 0 bridgehead atoms. The van der Waals surface area contributed by atoms with E-state index in [1.807, 2.05) is 13.8 Å². The van der Waals surface area contributed by atoms with E-state index in [1.165, 1.54) is 0 Å². The Balaban J connectivity index is 3.17. The minimum atomic E-state index is -0.413. The second-order valence-electron chi connectivity index (χ2n) is 2.74. The van der Waals surface area contributed by atoms with Crippen LogP contribution in [0.3, 0.4) is 0 Å². The van der Waals surface area contributed by atoms with Crippen LogP contribution in [0, 0.1) is 0 Å². The summed E-state index contributed by atoms with van der Waals surface area (Å²) in [6, 6.07) is 0.0938. The lowest BCUT2D eigenvalue weighted by atomic mass is 10.4. The Morgan fingerprint density at radius 1 is 1.38 bits per heavy atom. The minimum Gasteiger partial charge on any atom is -0.447 e. The standard InChI is InChI=1S/C8H16ClNO3/c1-7(2)10-8(11)13-6-5-12-4-3-9/h7H,3-6H2,1-2H3,(H,10,11). The first-order chi connectivity index (χ1) is 6.16. The molecule has 0 aliphatic rings.